The Morgan fingerprint density at radius 2 is 1.96 bits per heavy atom. The second kappa shape index (κ2) is 8.39. The average Bonchev–Trinajstić information content (AvgIpc) is 2.70. The van der Waals surface area contributed by atoms with Crippen LogP contribution in [0.4, 0.5) is 0 Å². The van der Waals surface area contributed by atoms with Crippen molar-refractivity contribution in [3.63, 3.8) is 0 Å². The van der Waals surface area contributed by atoms with Gasteiger partial charge in [-0.25, -0.2) is 0 Å². The number of rotatable bonds is 6. The highest BCUT2D eigenvalue weighted by atomic mass is 16.5. The van der Waals surface area contributed by atoms with Gasteiger partial charge in [0.05, 0.1) is 31.9 Å². The van der Waals surface area contributed by atoms with Gasteiger partial charge in [-0.3, -0.25) is 14.7 Å². The maximum Gasteiger partial charge on any atom is 0.306 e. The minimum atomic E-state index is -0.706. The fourth-order valence-electron chi connectivity index (χ4n) is 3.75. The summed E-state index contributed by atoms with van der Waals surface area (Å²) in [5, 5.41) is 9.32. The number of pyridine rings is 1. The summed E-state index contributed by atoms with van der Waals surface area (Å²) in [6, 6.07) is 9.70. The number of aromatic nitrogens is 1. The number of hydrogen-bond donors (Lipinski definition) is 1. The van der Waals surface area contributed by atoms with E-state index in [9.17, 15) is 9.90 Å². The molecule has 1 aliphatic heterocycles. The number of carbonyl (C=O) groups is 1. The lowest BCUT2D eigenvalue weighted by molar-refractivity contribution is -0.143. The first-order chi connectivity index (χ1) is 13.0. The Hall–Kier alpha value is -2.60. The Morgan fingerprint density at radius 3 is 2.56 bits per heavy atom. The first-order valence-electron chi connectivity index (χ1n) is 9.15. The van der Waals surface area contributed by atoms with Crippen molar-refractivity contribution in [1.29, 1.82) is 0 Å². The van der Waals surface area contributed by atoms with E-state index in [0.29, 0.717) is 25.9 Å². The van der Waals surface area contributed by atoms with E-state index in [2.05, 4.69) is 22.9 Å². The summed E-state index contributed by atoms with van der Waals surface area (Å²) in [5.41, 5.74) is 3.07. The van der Waals surface area contributed by atoms with E-state index < -0.39 is 5.97 Å². The van der Waals surface area contributed by atoms with E-state index in [1.807, 2.05) is 24.3 Å². The maximum absolute atomic E-state index is 11.3. The van der Waals surface area contributed by atoms with Crippen molar-refractivity contribution in [2.75, 3.05) is 27.3 Å². The second-order valence-electron chi connectivity index (χ2n) is 6.86. The Kier molecular flexibility index (Phi) is 5.96. The van der Waals surface area contributed by atoms with Crippen molar-refractivity contribution < 1.29 is 19.4 Å². The summed E-state index contributed by atoms with van der Waals surface area (Å²) in [6.07, 6.45) is 3.07. The highest BCUT2D eigenvalue weighted by Gasteiger charge is 2.33. The molecule has 1 saturated heterocycles. The molecule has 1 aliphatic rings. The fraction of sp³-hybridized carbons (Fsp3) is 0.429. The number of methoxy groups -OCH3 is 2. The standard InChI is InChI=1S/C21H26N2O4/c1-14-5-4-10-22-19(14)20(23-11-8-15(9-12-23)21(24)25)17-7-6-16(26-2)13-18(17)27-3/h4-7,10,13,15,20H,8-9,11-12H2,1-3H3,(H,24,25). The highest BCUT2D eigenvalue weighted by Crippen LogP contribution is 2.38. The second-order valence-corrected chi connectivity index (χ2v) is 6.86. The van der Waals surface area contributed by atoms with Gasteiger partial charge in [-0.1, -0.05) is 6.07 Å². The number of aliphatic carboxylic acids is 1. The molecular formula is C21H26N2O4. The number of piperidine rings is 1. The number of carboxylic acids is 1. The topological polar surface area (TPSA) is 71.9 Å². The van der Waals surface area contributed by atoms with E-state index in [0.717, 1.165) is 28.3 Å². The predicted molar refractivity (Wildman–Crippen MR) is 102 cm³/mol. The van der Waals surface area contributed by atoms with Crippen molar-refractivity contribution in [2.45, 2.75) is 25.8 Å². The van der Waals surface area contributed by atoms with Crippen molar-refractivity contribution in [2.24, 2.45) is 5.92 Å². The lowest BCUT2D eigenvalue weighted by Gasteiger charge is -2.37. The van der Waals surface area contributed by atoms with E-state index >= 15 is 0 Å². The van der Waals surface area contributed by atoms with Crippen LogP contribution in [0, 0.1) is 12.8 Å². The molecule has 1 aromatic heterocycles. The fourth-order valence-corrected chi connectivity index (χ4v) is 3.75. The van der Waals surface area contributed by atoms with Gasteiger partial charge in [0.1, 0.15) is 11.5 Å². The van der Waals surface area contributed by atoms with Crippen LogP contribution in [0.15, 0.2) is 36.5 Å². The molecule has 1 N–H and O–H groups in total. The number of aryl methyl sites for hydroxylation is 1. The van der Waals surface area contributed by atoms with Gasteiger partial charge in [-0.2, -0.15) is 0 Å². The third-order valence-electron chi connectivity index (χ3n) is 5.29. The van der Waals surface area contributed by atoms with Crippen molar-refractivity contribution in [3.8, 4) is 11.5 Å². The average molecular weight is 370 g/mol. The number of nitrogens with zero attached hydrogens (tertiary/aromatic N) is 2. The molecule has 0 amide bonds. The number of hydrogen-bond acceptors (Lipinski definition) is 5. The van der Waals surface area contributed by atoms with Gasteiger partial charge in [0.15, 0.2) is 0 Å². The van der Waals surface area contributed by atoms with Gasteiger partial charge in [-0.15, -0.1) is 0 Å². The molecule has 144 valence electrons. The van der Waals surface area contributed by atoms with Crippen molar-refractivity contribution in [1.82, 2.24) is 9.88 Å². The summed E-state index contributed by atoms with van der Waals surface area (Å²) in [7, 11) is 3.28. The summed E-state index contributed by atoms with van der Waals surface area (Å²) < 4.78 is 11.0. The molecule has 2 heterocycles. The molecule has 6 heteroatoms. The van der Waals surface area contributed by atoms with E-state index in [-0.39, 0.29) is 12.0 Å². The Balaban J connectivity index is 2.02. The van der Waals surface area contributed by atoms with E-state index in [1.54, 1.807) is 20.4 Å². The lowest BCUT2D eigenvalue weighted by atomic mass is 9.91. The van der Waals surface area contributed by atoms with Crippen molar-refractivity contribution >= 4 is 5.97 Å². The third-order valence-corrected chi connectivity index (χ3v) is 5.29. The normalized spacial score (nSPS) is 16.7. The number of ether oxygens (including phenoxy) is 2. The van der Waals surface area contributed by atoms with Gasteiger partial charge in [0, 0.05) is 17.8 Å². The lowest BCUT2D eigenvalue weighted by Crippen LogP contribution is -2.39. The van der Waals surface area contributed by atoms with Crippen LogP contribution in [-0.4, -0.2) is 48.3 Å². The van der Waals surface area contributed by atoms with Gasteiger partial charge in [0.2, 0.25) is 0 Å². The SMILES string of the molecule is COc1ccc(C(c2ncccc2C)N2CCC(C(=O)O)CC2)c(OC)c1. The van der Waals surface area contributed by atoms with Crippen LogP contribution in [0.2, 0.25) is 0 Å². The Labute approximate surface area is 159 Å². The largest absolute Gasteiger partial charge is 0.497 e. The maximum atomic E-state index is 11.3. The van der Waals surface area contributed by atoms with E-state index in [1.165, 1.54) is 0 Å². The van der Waals surface area contributed by atoms with Gasteiger partial charge >= 0.3 is 5.97 Å². The summed E-state index contributed by atoms with van der Waals surface area (Å²) in [4.78, 5) is 18.3. The van der Waals surface area contributed by atoms with Gasteiger partial charge in [0.25, 0.3) is 0 Å². The molecule has 0 spiro atoms. The Bertz CT molecular complexity index is 801. The zero-order chi connectivity index (χ0) is 19.4. The van der Waals surface area contributed by atoms with Crippen LogP contribution in [-0.2, 0) is 4.79 Å². The molecule has 2 aromatic rings. The van der Waals surface area contributed by atoms with Crippen molar-refractivity contribution in [3.05, 3.63) is 53.3 Å². The summed E-state index contributed by atoms with van der Waals surface area (Å²) >= 11 is 0. The number of likely N-dealkylation sites (tertiary alicyclic amines) is 1. The molecule has 1 fully saturated rings. The van der Waals surface area contributed by atoms with Crippen LogP contribution in [0.1, 0.15) is 35.7 Å². The first kappa shape index (κ1) is 19.2. The molecular weight excluding hydrogens is 344 g/mol. The van der Waals surface area contributed by atoms with Crippen LogP contribution in [0.5, 0.6) is 11.5 Å². The predicted octanol–water partition coefficient (Wildman–Crippen LogP) is 3.29. The molecule has 0 saturated carbocycles. The molecule has 0 aliphatic carbocycles. The van der Waals surface area contributed by atoms with Gasteiger partial charge in [-0.05, 0) is 56.6 Å². The molecule has 1 atom stereocenters. The van der Waals surface area contributed by atoms with Crippen LogP contribution < -0.4 is 9.47 Å². The smallest absolute Gasteiger partial charge is 0.306 e. The Morgan fingerprint density at radius 1 is 1.22 bits per heavy atom. The molecule has 3 rings (SSSR count). The van der Waals surface area contributed by atoms with Crippen LogP contribution in [0.25, 0.3) is 0 Å². The minimum absolute atomic E-state index is 0.0956. The molecule has 0 bridgehead atoms. The number of benzene rings is 1. The summed E-state index contributed by atoms with van der Waals surface area (Å²) in [5.74, 6) is 0.494. The van der Waals surface area contributed by atoms with Crippen LogP contribution in [0.3, 0.4) is 0 Å². The van der Waals surface area contributed by atoms with E-state index in [4.69, 9.17) is 9.47 Å². The van der Waals surface area contributed by atoms with Gasteiger partial charge < -0.3 is 14.6 Å². The highest BCUT2D eigenvalue weighted by molar-refractivity contribution is 5.70. The molecule has 0 radical (unpaired) electrons. The molecule has 6 nitrogen and oxygen atoms in total. The molecule has 1 aromatic carbocycles. The third kappa shape index (κ3) is 4.06. The minimum Gasteiger partial charge on any atom is -0.497 e. The zero-order valence-electron chi connectivity index (χ0n) is 16.0. The quantitative estimate of drug-likeness (QED) is 0.841. The first-order valence-corrected chi connectivity index (χ1v) is 9.15. The summed E-state index contributed by atoms with van der Waals surface area (Å²) in [6.45, 7) is 3.45. The molecule has 27 heavy (non-hydrogen) atoms. The zero-order valence-corrected chi connectivity index (χ0v) is 16.0. The van der Waals surface area contributed by atoms with Crippen LogP contribution >= 0.6 is 0 Å². The number of carboxylic acid groups (broad SMARTS) is 1. The molecule has 1 unspecified atom stereocenters. The monoisotopic (exact) mass is 370 g/mol.